The summed E-state index contributed by atoms with van der Waals surface area (Å²) in [6, 6.07) is 0. The fourth-order valence-electron chi connectivity index (χ4n) is 2.05. The van der Waals surface area contributed by atoms with Gasteiger partial charge in [0.05, 0.1) is 0 Å². The van der Waals surface area contributed by atoms with Crippen molar-refractivity contribution in [2.75, 3.05) is 7.05 Å². The summed E-state index contributed by atoms with van der Waals surface area (Å²) in [7, 11) is 1.63. The number of pyridine rings is 1. The maximum atomic E-state index is 12.3. The molecule has 1 rings (SSSR count). The Morgan fingerprint density at radius 3 is 2.59 bits per heavy atom. The minimum Gasteiger partial charge on any atom is -0.366 e. The van der Waals surface area contributed by atoms with Crippen LogP contribution in [0.5, 0.6) is 0 Å². The van der Waals surface area contributed by atoms with Gasteiger partial charge in [0.1, 0.15) is 5.56 Å². The average molecular weight is 324 g/mol. The summed E-state index contributed by atoms with van der Waals surface area (Å²) >= 11 is 4.85. The number of hydrogen-bond acceptors (Lipinski definition) is 3. The van der Waals surface area contributed by atoms with Crippen molar-refractivity contribution < 1.29 is 4.79 Å². The maximum Gasteiger partial charge on any atom is 0.275 e. The molecule has 0 unspecified atom stereocenters. The number of carbonyl (C=O) groups is 1. The summed E-state index contributed by atoms with van der Waals surface area (Å²) in [5, 5.41) is 2.94. The average Bonchev–Trinajstić information content (AvgIpc) is 2.53. The van der Waals surface area contributed by atoms with Crippen molar-refractivity contribution in [2.45, 2.75) is 45.4 Å². The molecule has 1 aromatic rings. The molecule has 0 saturated heterocycles. The van der Waals surface area contributed by atoms with Crippen LogP contribution in [0.1, 0.15) is 54.9 Å². The third kappa shape index (κ3) is 5.85. The zero-order chi connectivity index (χ0) is 16.4. The molecule has 0 aliphatic carbocycles. The summed E-state index contributed by atoms with van der Waals surface area (Å²) in [4.78, 5) is 27.1. The zero-order valence-corrected chi connectivity index (χ0v) is 13.9. The molecule has 1 amide bonds. The van der Waals surface area contributed by atoms with E-state index in [0.717, 1.165) is 12.8 Å². The lowest BCUT2D eigenvalue weighted by Crippen LogP contribution is -2.46. The van der Waals surface area contributed by atoms with Crippen LogP contribution < -0.4 is 21.6 Å². The van der Waals surface area contributed by atoms with E-state index >= 15 is 0 Å². The van der Waals surface area contributed by atoms with Crippen LogP contribution in [0.2, 0.25) is 0 Å². The minimum atomic E-state index is -0.508. The maximum absolute atomic E-state index is 12.3. The molecule has 0 aromatic carbocycles. The van der Waals surface area contributed by atoms with Gasteiger partial charge in [-0.2, -0.15) is 0 Å². The molecular formula is C15H24N4O2S. The molecule has 0 saturated carbocycles. The van der Waals surface area contributed by atoms with Gasteiger partial charge in [0.2, 0.25) is 0 Å². The van der Waals surface area contributed by atoms with Crippen LogP contribution in [0.15, 0.2) is 17.2 Å². The third-order valence-electron chi connectivity index (χ3n) is 3.33. The van der Waals surface area contributed by atoms with Crippen molar-refractivity contribution >= 4 is 23.2 Å². The van der Waals surface area contributed by atoms with E-state index in [-0.39, 0.29) is 16.1 Å². The van der Waals surface area contributed by atoms with Crippen molar-refractivity contribution in [2.24, 2.45) is 0 Å². The van der Waals surface area contributed by atoms with Gasteiger partial charge in [0, 0.05) is 25.0 Å². The van der Waals surface area contributed by atoms with Gasteiger partial charge in [0.25, 0.3) is 5.91 Å². The number of nitrogens with one attached hydrogen (secondary N) is 4. The van der Waals surface area contributed by atoms with Gasteiger partial charge in [0.15, 0.2) is 10.5 Å². The number of rotatable bonds is 7. The highest BCUT2D eigenvalue weighted by Gasteiger charge is 2.13. The second-order valence-electron chi connectivity index (χ2n) is 5.05. The first kappa shape index (κ1) is 18.2. The zero-order valence-electron chi connectivity index (χ0n) is 13.1. The SMILES string of the molecule is CCCCCCCc1c[nH]cc(C(=O)NNC(=S)NC)c1=O. The number of aryl methyl sites for hydroxylation is 1. The molecule has 0 fully saturated rings. The molecular weight excluding hydrogens is 300 g/mol. The van der Waals surface area contributed by atoms with Crippen LogP contribution >= 0.6 is 12.2 Å². The van der Waals surface area contributed by atoms with Gasteiger partial charge in [-0.25, -0.2) is 0 Å². The molecule has 0 aliphatic rings. The van der Waals surface area contributed by atoms with Gasteiger partial charge >= 0.3 is 0 Å². The van der Waals surface area contributed by atoms with E-state index in [1.165, 1.54) is 25.5 Å². The highest BCUT2D eigenvalue weighted by Crippen LogP contribution is 2.06. The van der Waals surface area contributed by atoms with E-state index < -0.39 is 5.91 Å². The van der Waals surface area contributed by atoms with Crippen LogP contribution in [0.4, 0.5) is 0 Å². The molecule has 1 heterocycles. The summed E-state index contributed by atoms with van der Waals surface area (Å²) in [6.07, 6.45) is 9.40. The smallest absolute Gasteiger partial charge is 0.275 e. The molecule has 0 bridgehead atoms. The Hall–Kier alpha value is -1.89. The van der Waals surface area contributed by atoms with Crippen LogP contribution in [0.3, 0.4) is 0 Å². The van der Waals surface area contributed by atoms with Gasteiger partial charge < -0.3 is 10.3 Å². The number of H-pyrrole nitrogens is 1. The predicted molar refractivity (Wildman–Crippen MR) is 91.8 cm³/mol. The Bertz CT molecular complexity index is 557. The minimum absolute atomic E-state index is 0.0810. The predicted octanol–water partition coefficient (Wildman–Crippen LogP) is 1.63. The van der Waals surface area contributed by atoms with Crippen molar-refractivity contribution in [3.05, 3.63) is 33.7 Å². The normalized spacial score (nSPS) is 10.1. The lowest BCUT2D eigenvalue weighted by atomic mass is 10.1. The molecule has 0 spiro atoms. The summed E-state index contributed by atoms with van der Waals surface area (Å²) in [6.45, 7) is 2.17. The van der Waals surface area contributed by atoms with Crippen molar-refractivity contribution in [3.8, 4) is 0 Å². The molecule has 22 heavy (non-hydrogen) atoms. The number of carbonyl (C=O) groups excluding carboxylic acids is 1. The van der Waals surface area contributed by atoms with E-state index in [1.807, 2.05) is 0 Å². The van der Waals surface area contributed by atoms with Crippen LogP contribution in [-0.4, -0.2) is 23.1 Å². The molecule has 0 radical (unpaired) electrons. The number of unbranched alkanes of at least 4 members (excludes halogenated alkanes) is 4. The fraction of sp³-hybridized carbons (Fsp3) is 0.533. The Morgan fingerprint density at radius 2 is 1.91 bits per heavy atom. The molecule has 0 atom stereocenters. The first-order valence-electron chi connectivity index (χ1n) is 7.58. The Balaban J connectivity index is 2.62. The van der Waals surface area contributed by atoms with E-state index in [2.05, 4.69) is 28.1 Å². The van der Waals surface area contributed by atoms with Crippen LogP contribution in [-0.2, 0) is 6.42 Å². The lowest BCUT2D eigenvalue weighted by Gasteiger charge is -2.09. The van der Waals surface area contributed by atoms with Gasteiger partial charge in [-0.3, -0.25) is 20.4 Å². The monoisotopic (exact) mass is 324 g/mol. The molecule has 7 heteroatoms. The molecule has 122 valence electrons. The summed E-state index contributed by atoms with van der Waals surface area (Å²) < 4.78 is 0. The highest BCUT2D eigenvalue weighted by molar-refractivity contribution is 7.80. The largest absolute Gasteiger partial charge is 0.366 e. The number of thiocarbonyl (C=S) groups is 1. The quantitative estimate of drug-likeness (QED) is 0.348. The van der Waals surface area contributed by atoms with E-state index in [4.69, 9.17) is 12.2 Å². The lowest BCUT2D eigenvalue weighted by molar-refractivity contribution is 0.0942. The van der Waals surface area contributed by atoms with Gasteiger partial charge in [-0.05, 0) is 25.1 Å². The van der Waals surface area contributed by atoms with Crippen LogP contribution in [0.25, 0.3) is 0 Å². The molecule has 1 aromatic heterocycles. The first-order valence-corrected chi connectivity index (χ1v) is 7.99. The third-order valence-corrected chi connectivity index (χ3v) is 3.64. The van der Waals surface area contributed by atoms with Crippen molar-refractivity contribution in [1.29, 1.82) is 0 Å². The standard InChI is InChI=1S/C15H24N4O2S/c1-3-4-5-6-7-8-11-9-17-10-12(13(11)20)14(21)18-19-15(22)16-2/h9-10H,3-8H2,1-2H3,(H,17,20)(H,18,21)(H2,16,19,22). The molecule has 0 aliphatic heterocycles. The number of aromatic nitrogens is 1. The summed E-state index contributed by atoms with van der Waals surface area (Å²) in [5.41, 5.74) is 5.39. The first-order chi connectivity index (χ1) is 10.6. The number of aromatic amines is 1. The van der Waals surface area contributed by atoms with E-state index in [9.17, 15) is 9.59 Å². The fourth-order valence-corrected chi connectivity index (χ4v) is 2.10. The Morgan fingerprint density at radius 1 is 1.18 bits per heavy atom. The van der Waals surface area contributed by atoms with E-state index in [0.29, 0.717) is 12.0 Å². The van der Waals surface area contributed by atoms with Crippen LogP contribution in [0, 0.1) is 0 Å². The van der Waals surface area contributed by atoms with Gasteiger partial charge in [-0.1, -0.05) is 32.6 Å². The number of hydrogen-bond donors (Lipinski definition) is 4. The molecule has 6 nitrogen and oxygen atoms in total. The van der Waals surface area contributed by atoms with E-state index in [1.54, 1.807) is 13.2 Å². The Labute approximate surface area is 136 Å². The second kappa shape index (κ2) is 9.94. The second-order valence-corrected chi connectivity index (χ2v) is 5.45. The number of amides is 1. The van der Waals surface area contributed by atoms with Gasteiger partial charge in [-0.15, -0.1) is 0 Å². The molecule has 4 N–H and O–H groups in total. The summed E-state index contributed by atoms with van der Waals surface area (Å²) in [5.74, 6) is -0.508. The highest BCUT2D eigenvalue weighted by atomic mass is 32.1. The number of hydrazine groups is 1. The van der Waals surface area contributed by atoms with Crippen molar-refractivity contribution in [1.82, 2.24) is 21.2 Å². The topological polar surface area (TPSA) is 86.0 Å². The van der Waals surface area contributed by atoms with Crippen molar-refractivity contribution in [3.63, 3.8) is 0 Å². The Kier molecular flexibility index (Phi) is 8.21.